The Hall–Kier alpha value is -4.10. The predicted molar refractivity (Wildman–Crippen MR) is 152 cm³/mol. The van der Waals surface area contributed by atoms with Crippen molar-refractivity contribution < 1.29 is 24.2 Å². The van der Waals surface area contributed by atoms with Gasteiger partial charge in [-0.2, -0.15) is 0 Å². The molecule has 1 amide bonds. The van der Waals surface area contributed by atoms with E-state index in [4.69, 9.17) is 9.47 Å². The summed E-state index contributed by atoms with van der Waals surface area (Å²) in [4.78, 5) is 30.6. The number of carbonyl (C=O) groups excluding carboxylic acids is 2. The van der Waals surface area contributed by atoms with E-state index in [9.17, 15) is 14.7 Å². The van der Waals surface area contributed by atoms with Crippen LogP contribution < -0.4 is 9.47 Å². The van der Waals surface area contributed by atoms with E-state index in [1.807, 2.05) is 61.5 Å². The van der Waals surface area contributed by atoms with Crippen LogP contribution in [0.4, 0.5) is 0 Å². The molecule has 1 atom stereocenters. The van der Waals surface area contributed by atoms with Crippen molar-refractivity contribution in [1.29, 1.82) is 0 Å². The van der Waals surface area contributed by atoms with Crippen LogP contribution in [0.15, 0.2) is 84.4 Å². The average Bonchev–Trinajstić information content (AvgIpc) is 3.22. The highest BCUT2D eigenvalue weighted by Gasteiger charge is 2.46. The predicted octanol–water partition coefficient (Wildman–Crippen LogP) is 6.03. The number of aliphatic hydroxyl groups is 1. The van der Waals surface area contributed by atoms with Gasteiger partial charge >= 0.3 is 0 Å². The lowest BCUT2D eigenvalue weighted by Gasteiger charge is -2.28. The van der Waals surface area contributed by atoms with E-state index in [-0.39, 0.29) is 11.3 Å². The minimum absolute atomic E-state index is 0.0593. The lowest BCUT2D eigenvalue weighted by atomic mass is 9.95. The zero-order chi connectivity index (χ0) is 27.8. The van der Waals surface area contributed by atoms with Crippen molar-refractivity contribution in [2.45, 2.75) is 33.2 Å². The van der Waals surface area contributed by atoms with E-state index in [1.165, 1.54) is 0 Å². The van der Waals surface area contributed by atoms with Crippen molar-refractivity contribution in [3.63, 3.8) is 0 Å². The van der Waals surface area contributed by atoms with Crippen LogP contribution in [-0.2, 0) is 9.59 Å². The molecule has 1 aliphatic rings. The minimum atomic E-state index is -0.764. The number of ketones is 1. The highest BCUT2D eigenvalue weighted by Crippen LogP contribution is 2.40. The second-order valence-corrected chi connectivity index (χ2v) is 9.38. The molecule has 4 rings (SSSR count). The van der Waals surface area contributed by atoms with Gasteiger partial charge in [0.05, 0.1) is 18.2 Å². The minimum Gasteiger partial charge on any atom is -0.507 e. The summed E-state index contributed by atoms with van der Waals surface area (Å²) >= 11 is 0. The number of aliphatic hydroxyl groups excluding tert-OH is 1. The van der Waals surface area contributed by atoms with Gasteiger partial charge in [0.1, 0.15) is 23.0 Å². The van der Waals surface area contributed by atoms with Crippen molar-refractivity contribution in [3.05, 3.63) is 95.6 Å². The maximum Gasteiger partial charge on any atom is 0.295 e. The zero-order valence-corrected chi connectivity index (χ0v) is 22.8. The van der Waals surface area contributed by atoms with Crippen LogP contribution in [0.1, 0.15) is 44.4 Å². The van der Waals surface area contributed by atoms with Crippen molar-refractivity contribution in [1.82, 2.24) is 9.80 Å². The normalized spacial score (nSPS) is 16.6. The summed E-state index contributed by atoms with van der Waals surface area (Å²) < 4.78 is 11.8. The van der Waals surface area contributed by atoms with E-state index in [2.05, 4.69) is 18.7 Å². The Morgan fingerprint density at radius 2 is 1.56 bits per heavy atom. The van der Waals surface area contributed by atoms with Crippen molar-refractivity contribution in [3.8, 4) is 17.2 Å². The molecular formula is C32H36N2O5. The zero-order valence-electron chi connectivity index (χ0n) is 22.8. The first-order valence-electron chi connectivity index (χ1n) is 13.5. The summed E-state index contributed by atoms with van der Waals surface area (Å²) in [6, 6.07) is 22.9. The van der Waals surface area contributed by atoms with E-state index >= 15 is 0 Å². The number of nitrogens with zero attached hydrogens (tertiary/aromatic N) is 2. The van der Waals surface area contributed by atoms with E-state index in [1.54, 1.807) is 29.2 Å². The first kappa shape index (κ1) is 27.9. The molecule has 1 saturated heterocycles. The van der Waals surface area contributed by atoms with Crippen molar-refractivity contribution in [2.75, 3.05) is 32.8 Å². The largest absolute Gasteiger partial charge is 0.507 e. The van der Waals surface area contributed by atoms with Gasteiger partial charge in [0.2, 0.25) is 0 Å². The Morgan fingerprint density at radius 1 is 0.872 bits per heavy atom. The topological polar surface area (TPSA) is 79.3 Å². The van der Waals surface area contributed by atoms with Gasteiger partial charge in [0.25, 0.3) is 11.7 Å². The Labute approximate surface area is 230 Å². The molecular weight excluding hydrogens is 492 g/mol. The number of benzene rings is 3. The first-order valence-corrected chi connectivity index (χ1v) is 13.5. The number of ether oxygens (including phenoxy) is 2. The summed E-state index contributed by atoms with van der Waals surface area (Å²) in [5.41, 5.74) is 1.17. The van der Waals surface area contributed by atoms with Crippen LogP contribution in [-0.4, -0.2) is 59.4 Å². The van der Waals surface area contributed by atoms with Gasteiger partial charge in [-0.05, 0) is 61.5 Å². The van der Waals surface area contributed by atoms with Gasteiger partial charge in [-0.15, -0.1) is 0 Å². The van der Waals surface area contributed by atoms with Crippen molar-refractivity contribution in [2.24, 2.45) is 0 Å². The molecule has 7 nitrogen and oxygen atoms in total. The molecule has 0 aromatic heterocycles. The summed E-state index contributed by atoms with van der Waals surface area (Å²) in [6.45, 7) is 9.29. The second kappa shape index (κ2) is 13.1. The number of Topliss-reactive ketones (excluding diaryl/α,β-unsaturated/α-hetero) is 1. The molecule has 3 aromatic carbocycles. The molecule has 1 N–H and O–H groups in total. The van der Waals surface area contributed by atoms with Crippen LogP contribution in [0.5, 0.6) is 17.2 Å². The lowest BCUT2D eigenvalue weighted by molar-refractivity contribution is -0.140. The number of hydrogen-bond donors (Lipinski definition) is 1. The summed E-state index contributed by atoms with van der Waals surface area (Å²) in [6.07, 6.45) is 0.843. The first-order chi connectivity index (χ1) is 19.0. The van der Waals surface area contributed by atoms with Gasteiger partial charge in [0, 0.05) is 18.7 Å². The molecule has 3 aromatic rings. The van der Waals surface area contributed by atoms with Crippen LogP contribution >= 0.6 is 0 Å². The van der Waals surface area contributed by atoms with E-state index in [0.717, 1.165) is 19.5 Å². The smallest absolute Gasteiger partial charge is 0.295 e. The molecule has 0 aliphatic carbocycles. The molecule has 0 bridgehead atoms. The highest BCUT2D eigenvalue weighted by atomic mass is 16.5. The Morgan fingerprint density at radius 3 is 2.28 bits per heavy atom. The molecule has 1 unspecified atom stereocenters. The SMILES string of the molecule is CCCOc1cccc(C(O)=C2C(=O)C(=O)N(CCN(CC)CC)C2c2cccc(Oc3ccccc3)c2)c1. The molecule has 1 fully saturated rings. The molecule has 1 aliphatic heterocycles. The fraction of sp³-hybridized carbons (Fsp3) is 0.312. The average molecular weight is 529 g/mol. The lowest BCUT2D eigenvalue weighted by Crippen LogP contribution is -2.38. The highest BCUT2D eigenvalue weighted by molar-refractivity contribution is 6.46. The van der Waals surface area contributed by atoms with Crippen LogP contribution in [0, 0.1) is 0 Å². The van der Waals surface area contributed by atoms with Gasteiger partial charge < -0.3 is 24.4 Å². The Bertz CT molecular complexity index is 1320. The van der Waals surface area contributed by atoms with E-state index in [0.29, 0.717) is 48.1 Å². The maximum atomic E-state index is 13.4. The summed E-state index contributed by atoms with van der Waals surface area (Å²) in [5.74, 6) is 0.288. The van der Waals surface area contributed by atoms with Gasteiger partial charge in [-0.1, -0.05) is 63.2 Å². The third-order valence-corrected chi connectivity index (χ3v) is 6.82. The molecule has 39 heavy (non-hydrogen) atoms. The van der Waals surface area contributed by atoms with Gasteiger partial charge in [0.15, 0.2) is 0 Å². The standard InChI is InChI=1S/C32H36N2O5/c1-4-20-38-26-16-11-13-24(22-26)30(35)28-29(34(32(37)31(28)36)19-18-33(5-2)6-3)23-12-10-17-27(21-23)39-25-14-8-7-9-15-25/h7-17,21-22,29,35H,4-6,18-20H2,1-3H3. The number of likely N-dealkylation sites (N-methyl/N-ethyl adjacent to an activating group) is 1. The van der Waals surface area contributed by atoms with E-state index < -0.39 is 17.7 Å². The Kier molecular flexibility index (Phi) is 9.39. The number of para-hydroxylation sites is 1. The number of likely N-dealkylation sites (tertiary alicyclic amines) is 1. The van der Waals surface area contributed by atoms with Crippen LogP contribution in [0.2, 0.25) is 0 Å². The molecule has 0 radical (unpaired) electrons. The number of hydrogen-bond acceptors (Lipinski definition) is 6. The molecule has 7 heteroatoms. The Balaban J connectivity index is 1.77. The maximum absolute atomic E-state index is 13.4. The quantitative estimate of drug-likeness (QED) is 0.176. The second-order valence-electron chi connectivity index (χ2n) is 9.38. The third-order valence-electron chi connectivity index (χ3n) is 6.82. The third kappa shape index (κ3) is 6.49. The molecule has 0 saturated carbocycles. The summed E-state index contributed by atoms with van der Waals surface area (Å²) in [5, 5.41) is 11.5. The van der Waals surface area contributed by atoms with Crippen molar-refractivity contribution >= 4 is 17.4 Å². The molecule has 0 spiro atoms. The fourth-order valence-corrected chi connectivity index (χ4v) is 4.73. The summed E-state index contributed by atoms with van der Waals surface area (Å²) in [7, 11) is 0. The number of amides is 1. The van der Waals surface area contributed by atoms with Crippen LogP contribution in [0.25, 0.3) is 5.76 Å². The number of carbonyl (C=O) groups is 2. The van der Waals surface area contributed by atoms with Crippen LogP contribution in [0.3, 0.4) is 0 Å². The molecule has 1 heterocycles. The monoisotopic (exact) mass is 528 g/mol. The number of rotatable bonds is 12. The fourth-order valence-electron chi connectivity index (χ4n) is 4.73. The van der Waals surface area contributed by atoms with Gasteiger partial charge in [-0.25, -0.2) is 0 Å². The van der Waals surface area contributed by atoms with Gasteiger partial charge in [-0.3, -0.25) is 9.59 Å². The molecule has 204 valence electrons.